The standard InChI is InChI=1S/C33H46N4O4/c1-24(2)23-28-31(39)37-33(18-8-9-19-33)32(40)36-27(17-16-25-11-4-3-5-12-25)30(38)35-20-10-14-26-13-6-7-15-29(26)41-22-21-34-28/h3-7,11-13,15,24,27-28,34H,8-10,14,16-23H2,1-2H3,(H,35,38)(H,36,40)(H,37,39)/t27-,28-/m0/s1. The van der Waals surface area contributed by atoms with Crippen molar-refractivity contribution < 1.29 is 19.1 Å². The monoisotopic (exact) mass is 562 g/mol. The van der Waals surface area contributed by atoms with Gasteiger partial charge < -0.3 is 26.0 Å². The van der Waals surface area contributed by atoms with Crippen molar-refractivity contribution in [3.63, 3.8) is 0 Å². The van der Waals surface area contributed by atoms with Gasteiger partial charge in [-0.3, -0.25) is 14.4 Å². The molecule has 2 aliphatic rings. The molecule has 1 heterocycles. The van der Waals surface area contributed by atoms with E-state index in [1.165, 1.54) is 0 Å². The van der Waals surface area contributed by atoms with E-state index < -0.39 is 17.6 Å². The van der Waals surface area contributed by atoms with Gasteiger partial charge in [0.2, 0.25) is 17.7 Å². The summed E-state index contributed by atoms with van der Waals surface area (Å²) in [5.74, 6) is 0.473. The molecule has 0 bridgehead atoms. The molecule has 4 N–H and O–H groups in total. The minimum atomic E-state index is -1.01. The first kappa shape index (κ1) is 30.6. The van der Waals surface area contributed by atoms with Crippen LogP contribution in [0.15, 0.2) is 54.6 Å². The third-order valence-electron chi connectivity index (χ3n) is 8.11. The number of benzene rings is 2. The smallest absolute Gasteiger partial charge is 0.246 e. The number of para-hydroxylation sites is 1. The van der Waals surface area contributed by atoms with Crippen molar-refractivity contribution in [1.29, 1.82) is 0 Å². The van der Waals surface area contributed by atoms with Gasteiger partial charge in [0, 0.05) is 13.1 Å². The second kappa shape index (κ2) is 15.0. The molecule has 1 saturated carbocycles. The van der Waals surface area contributed by atoms with Crippen LogP contribution in [0.1, 0.15) is 69.9 Å². The van der Waals surface area contributed by atoms with Crippen LogP contribution in [0.3, 0.4) is 0 Å². The number of aryl methyl sites for hydroxylation is 2. The van der Waals surface area contributed by atoms with Gasteiger partial charge in [-0.15, -0.1) is 0 Å². The van der Waals surface area contributed by atoms with Crippen LogP contribution < -0.4 is 26.0 Å². The first-order valence-corrected chi connectivity index (χ1v) is 15.2. The molecule has 0 saturated heterocycles. The maximum atomic E-state index is 13.9. The Balaban J connectivity index is 1.57. The van der Waals surface area contributed by atoms with Crippen LogP contribution in [-0.4, -0.2) is 55.0 Å². The Hall–Kier alpha value is -3.39. The highest BCUT2D eigenvalue weighted by molar-refractivity contribution is 5.96. The van der Waals surface area contributed by atoms with Crippen LogP contribution in [0.4, 0.5) is 0 Å². The molecule has 1 spiro atoms. The Morgan fingerprint density at radius 3 is 2.37 bits per heavy atom. The topological polar surface area (TPSA) is 109 Å². The van der Waals surface area contributed by atoms with Crippen LogP contribution >= 0.6 is 0 Å². The first-order chi connectivity index (χ1) is 19.9. The Labute approximate surface area is 244 Å². The van der Waals surface area contributed by atoms with Crippen molar-refractivity contribution in [1.82, 2.24) is 21.3 Å². The average molecular weight is 563 g/mol. The van der Waals surface area contributed by atoms with E-state index in [0.717, 1.165) is 42.6 Å². The van der Waals surface area contributed by atoms with Gasteiger partial charge in [-0.25, -0.2) is 0 Å². The van der Waals surface area contributed by atoms with Gasteiger partial charge in [-0.2, -0.15) is 0 Å². The quantitative estimate of drug-likeness (QED) is 0.445. The summed E-state index contributed by atoms with van der Waals surface area (Å²) in [7, 11) is 0. The zero-order valence-electron chi connectivity index (χ0n) is 24.5. The van der Waals surface area contributed by atoms with E-state index in [9.17, 15) is 14.4 Å². The molecule has 4 rings (SSSR count). The highest BCUT2D eigenvalue weighted by atomic mass is 16.5. The molecule has 8 nitrogen and oxygen atoms in total. The fraction of sp³-hybridized carbons (Fsp3) is 0.545. The Morgan fingerprint density at radius 1 is 0.878 bits per heavy atom. The van der Waals surface area contributed by atoms with Gasteiger partial charge in [0.15, 0.2) is 0 Å². The molecule has 0 aromatic heterocycles. The van der Waals surface area contributed by atoms with Crippen molar-refractivity contribution in [3.8, 4) is 5.75 Å². The number of rotatable bonds is 5. The molecule has 2 atom stereocenters. The van der Waals surface area contributed by atoms with E-state index in [1.807, 2.05) is 54.6 Å². The van der Waals surface area contributed by atoms with Crippen molar-refractivity contribution >= 4 is 17.7 Å². The van der Waals surface area contributed by atoms with Gasteiger partial charge in [-0.1, -0.05) is 75.2 Å². The van der Waals surface area contributed by atoms with Gasteiger partial charge in [0.1, 0.15) is 23.9 Å². The Kier molecular flexibility index (Phi) is 11.2. The summed E-state index contributed by atoms with van der Waals surface area (Å²) in [6.07, 6.45) is 6.10. The predicted molar refractivity (Wildman–Crippen MR) is 161 cm³/mol. The van der Waals surface area contributed by atoms with E-state index in [0.29, 0.717) is 51.8 Å². The molecule has 1 fully saturated rings. The maximum Gasteiger partial charge on any atom is 0.246 e. The third kappa shape index (κ3) is 8.80. The van der Waals surface area contributed by atoms with Crippen LogP contribution in [0.5, 0.6) is 5.75 Å². The lowest BCUT2D eigenvalue weighted by atomic mass is 9.93. The molecule has 1 aliphatic heterocycles. The molecular weight excluding hydrogens is 516 g/mol. The van der Waals surface area contributed by atoms with Gasteiger partial charge in [0.25, 0.3) is 0 Å². The van der Waals surface area contributed by atoms with Crippen molar-refractivity contribution in [2.75, 3.05) is 19.7 Å². The highest BCUT2D eigenvalue weighted by Gasteiger charge is 2.44. The normalized spacial score (nSPS) is 22.6. The van der Waals surface area contributed by atoms with E-state index in [2.05, 4.69) is 35.1 Å². The molecule has 222 valence electrons. The summed E-state index contributed by atoms with van der Waals surface area (Å²) < 4.78 is 6.10. The zero-order chi connectivity index (χ0) is 29.1. The SMILES string of the molecule is CC(C)C[C@@H]1NCCOc2ccccc2CCCNC(=O)[C@H](CCc2ccccc2)NC(=O)C2(CCCC2)NC1=O. The molecule has 2 aromatic rings. The second-order valence-electron chi connectivity index (χ2n) is 11.8. The Morgan fingerprint density at radius 2 is 1.61 bits per heavy atom. The molecule has 1 aliphatic carbocycles. The van der Waals surface area contributed by atoms with Crippen molar-refractivity contribution in [2.45, 2.75) is 89.3 Å². The summed E-state index contributed by atoms with van der Waals surface area (Å²) >= 11 is 0. The summed E-state index contributed by atoms with van der Waals surface area (Å²) in [4.78, 5) is 40.9. The predicted octanol–water partition coefficient (Wildman–Crippen LogP) is 3.68. The van der Waals surface area contributed by atoms with Crippen LogP contribution in [0.25, 0.3) is 0 Å². The minimum absolute atomic E-state index is 0.178. The maximum absolute atomic E-state index is 13.9. The van der Waals surface area contributed by atoms with Gasteiger partial charge in [-0.05, 0) is 68.1 Å². The van der Waals surface area contributed by atoms with Crippen LogP contribution in [-0.2, 0) is 27.2 Å². The highest BCUT2D eigenvalue weighted by Crippen LogP contribution is 2.31. The summed E-state index contributed by atoms with van der Waals surface area (Å²) in [5.41, 5.74) is 1.17. The Bertz CT molecular complexity index is 1150. The number of hydrogen-bond acceptors (Lipinski definition) is 5. The summed E-state index contributed by atoms with van der Waals surface area (Å²) in [6, 6.07) is 16.8. The number of hydrogen-bond donors (Lipinski definition) is 4. The van der Waals surface area contributed by atoms with Crippen molar-refractivity contribution in [3.05, 3.63) is 65.7 Å². The first-order valence-electron chi connectivity index (χ1n) is 15.2. The number of carbonyl (C=O) groups is 3. The lowest BCUT2D eigenvalue weighted by Crippen LogP contribution is -2.63. The molecular formula is C33H46N4O4. The second-order valence-corrected chi connectivity index (χ2v) is 11.8. The summed E-state index contributed by atoms with van der Waals surface area (Å²) in [6.45, 7) is 5.59. The number of nitrogens with one attached hydrogen (secondary N) is 4. The number of fused-ring (bicyclic) bond motifs is 1. The van der Waals surface area contributed by atoms with E-state index in [1.54, 1.807) is 0 Å². The molecule has 2 aromatic carbocycles. The van der Waals surface area contributed by atoms with Gasteiger partial charge in [0.05, 0.1) is 6.04 Å². The number of ether oxygens (including phenoxy) is 1. The fourth-order valence-electron chi connectivity index (χ4n) is 5.84. The van der Waals surface area contributed by atoms with Gasteiger partial charge >= 0.3 is 0 Å². The molecule has 8 heteroatoms. The molecule has 3 amide bonds. The molecule has 41 heavy (non-hydrogen) atoms. The number of amides is 3. The summed E-state index contributed by atoms with van der Waals surface area (Å²) in [5, 5.41) is 12.6. The third-order valence-corrected chi connectivity index (χ3v) is 8.11. The largest absolute Gasteiger partial charge is 0.492 e. The lowest BCUT2D eigenvalue weighted by Gasteiger charge is -2.33. The fourth-order valence-corrected chi connectivity index (χ4v) is 5.84. The van der Waals surface area contributed by atoms with E-state index in [-0.39, 0.29) is 23.6 Å². The van der Waals surface area contributed by atoms with E-state index >= 15 is 0 Å². The zero-order valence-corrected chi connectivity index (χ0v) is 24.5. The van der Waals surface area contributed by atoms with Crippen molar-refractivity contribution in [2.24, 2.45) is 5.92 Å². The minimum Gasteiger partial charge on any atom is -0.492 e. The van der Waals surface area contributed by atoms with E-state index in [4.69, 9.17) is 4.74 Å². The number of carbonyl (C=O) groups excluding carboxylic acids is 3. The average Bonchev–Trinajstić information content (AvgIpc) is 3.45. The van der Waals surface area contributed by atoms with Crippen LogP contribution in [0, 0.1) is 5.92 Å². The lowest BCUT2D eigenvalue weighted by molar-refractivity contribution is -0.136. The van der Waals surface area contributed by atoms with Crippen LogP contribution in [0.2, 0.25) is 0 Å². The molecule has 0 radical (unpaired) electrons. The molecule has 0 unspecified atom stereocenters.